The lowest BCUT2D eigenvalue weighted by molar-refractivity contribution is 0.00578. The Morgan fingerprint density at radius 1 is 1.25 bits per heavy atom. The molecule has 24 heavy (non-hydrogen) atoms. The van der Waals surface area contributed by atoms with E-state index in [0.29, 0.717) is 5.13 Å². The summed E-state index contributed by atoms with van der Waals surface area (Å²) in [5.74, 6) is 1.82. The summed E-state index contributed by atoms with van der Waals surface area (Å²) in [7, 11) is -0.458. The second-order valence-corrected chi connectivity index (χ2v) is 8.90. The Kier molecular flexibility index (Phi) is 4.87. The largest absolute Gasteiger partial charge is 0.487 e. The Labute approximate surface area is 147 Å². The van der Waals surface area contributed by atoms with Gasteiger partial charge in [-0.05, 0) is 39.2 Å². The van der Waals surface area contributed by atoms with Crippen molar-refractivity contribution in [3.05, 3.63) is 16.5 Å². The maximum absolute atomic E-state index is 10.8. The Morgan fingerprint density at radius 2 is 1.79 bits per heavy atom. The minimum atomic E-state index is -1.12. The van der Waals surface area contributed by atoms with E-state index in [1.807, 2.05) is 39.7 Å². The van der Waals surface area contributed by atoms with Crippen molar-refractivity contribution in [3.63, 3.8) is 0 Å². The zero-order valence-corrected chi connectivity index (χ0v) is 16.1. The molecule has 0 aliphatic carbocycles. The fraction of sp³-hybridized carbons (Fsp3) is 0.625. The summed E-state index contributed by atoms with van der Waals surface area (Å²) in [6.07, 6.45) is 0.720. The van der Waals surface area contributed by atoms with Crippen molar-refractivity contribution in [2.75, 3.05) is 5.32 Å². The lowest BCUT2D eigenvalue weighted by Crippen LogP contribution is -2.41. The van der Waals surface area contributed by atoms with Crippen molar-refractivity contribution in [2.24, 2.45) is 0 Å². The Morgan fingerprint density at radius 3 is 2.25 bits per heavy atom. The molecule has 1 aromatic heterocycles. The molecule has 2 N–H and O–H groups in total. The molecule has 132 valence electrons. The SMILES string of the molecule is CC(C)(C)c1sc(NC(=O)O)nc1C=CB1OC(C)(C)C(C)(C)O1. The number of hydrogen-bond acceptors (Lipinski definition) is 5. The van der Waals surface area contributed by atoms with Crippen LogP contribution in [-0.2, 0) is 14.7 Å². The molecule has 1 amide bonds. The van der Waals surface area contributed by atoms with E-state index in [-0.39, 0.29) is 5.41 Å². The lowest BCUT2D eigenvalue weighted by atomic mass is 9.88. The van der Waals surface area contributed by atoms with Crippen LogP contribution in [0.4, 0.5) is 9.93 Å². The summed E-state index contributed by atoms with van der Waals surface area (Å²) in [5, 5.41) is 11.6. The zero-order valence-electron chi connectivity index (χ0n) is 15.3. The molecule has 1 aliphatic rings. The third-order valence-corrected chi connectivity index (χ3v) is 5.64. The minimum Gasteiger partial charge on any atom is -0.465 e. The van der Waals surface area contributed by atoms with Crippen LogP contribution in [0.2, 0.25) is 0 Å². The van der Waals surface area contributed by atoms with E-state index >= 15 is 0 Å². The second kappa shape index (κ2) is 6.17. The van der Waals surface area contributed by atoms with Crippen molar-refractivity contribution in [2.45, 2.75) is 65.1 Å². The molecule has 0 aromatic carbocycles. The average molecular weight is 352 g/mol. The van der Waals surface area contributed by atoms with Gasteiger partial charge in [-0.15, -0.1) is 11.3 Å². The van der Waals surface area contributed by atoms with Gasteiger partial charge in [0.25, 0.3) is 0 Å². The number of carbonyl (C=O) groups is 1. The van der Waals surface area contributed by atoms with E-state index < -0.39 is 24.4 Å². The first-order valence-corrected chi connectivity index (χ1v) is 8.68. The fourth-order valence-electron chi connectivity index (χ4n) is 2.26. The Hall–Kier alpha value is -1.38. The van der Waals surface area contributed by atoms with Gasteiger partial charge in [-0.2, -0.15) is 0 Å². The fourth-order valence-corrected chi connectivity index (χ4v) is 3.26. The number of thiazole rings is 1. The van der Waals surface area contributed by atoms with Crippen LogP contribution in [0.25, 0.3) is 6.08 Å². The molecule has 1 aliphatic heterocycles. The first kappa shape index (κ1) is 19.0. The molecule has 0 saturated carbocycles. The topological polar surface area (TPSA) is 80.7 Å². The summed E-state index contributed by atoms with van der Waals surface area (Å²) in [5.41, 5.74) is -0.211. The molecule has 2 rings (SSSR count). The molecule has 1 fully saturated rings. The lowest BCUT2D eigenvalue weighted by Gasteiger charge is -2.32. The van der Waals surface area contributed by atoms with Crippen LogP contribution in [0.15, 0.2) is 5.98 Å². The van der Waals surface area contributed by atoms with E-state index in [1.165, 1.54) is 11.3 Å². The number of aromatic nitrogens is 1. The van der Waals surface area contributed by atoms with E-state index in [0.717, 1.165) is 10.6 Å². The molecule has 6 nitrogen and oxygen atoms in total. The second-order valence-electron chi connectivity index (χ2n) is 7.90. The van der Waals surface area contributed by atoms with Crippen molar-refractivity contribution < 1.29 is 19.2 Å². The number of nitrogens with zero attached hydrogens (tertiary/aromatic N) is 1. The van der Waals surface area contributed by atoms with Crippen LogP contribution >= 0.6 is 11.3 Å². The predicted octanol–water partition coefficient (Wildman–Crippen LogP) is 4.18. The standard InChI is InChI=1S/C16H25BN2O4S/c1-14(2,3)11-10(18-12(24-11)19-13(20)21)8-9-17-22-15(4,5)16(6,7)23-17/h8-9H,1-7H3,(H,18,19)(H,20,21). The summed E-state index contributed by atoms with van der Waals surface area (Å²) in [6.45, 7) is 14.2. The van der Waals surface area contributed by atoms with Gasteiger partial charge in [0.15, 0.2) is 5.13 Å². The molecule has 0 unspecified atom stereocenters. The molecular formula is C16H25BN2O4S. The Bertz CT molecular complexity index is 646. The highest BCUT2D eigenvalue weighted by atomic mass is 32.1. The molecule has 1 aromatic rings. The number of hydrogen-bond donors (Lipinski definition) is 2. The van der Waals surface area contributed by atoms with Crippen molar-refractivity contribution in [3.8, 4) is 0 Å². The summed E-state index contributed by atoms with van der Waals surface area (Å²) in [4.78, 5) is 16.2. The molecule has 0 radical (unpaired) electrons. The van der Waals surface area contributed by atoms with Crippen LogP contribution in [-0.4, -0.2) is 34.5 Å². The number of anilines is 1. The summed E-state index contributed by atoms with van der Waals surface area (Å²) < 4.78 is 11.9. The van der Waals surface area contributed by atoms with Crippen molar-refractivity contribution in [1.29, 1.82) is 0 Å². The highest BCUT2D eigenvalue weighted by Crippen LogP contribution is 2.38. The number of rotatable bonds is 3. The van der Waals surface area contributed by atoms with E-state index in [4.69, 9.17) is 14.4 Å². The molecule has 1 saturated heterocycles. The molecule has 0 bridgehead atoms. The smallest absolute Gasteiger partial charge is 0.465 e. The normalized spacial score (nSPS) is 19.9. The van der Waals surface area contributed by atoms with Crippen molar-refractivity contribution in [1.82, 2.24) is 4.98 Å². The minimum absolute atomic E-state index is 0.147. The molecule has 0 spiro atoms. The van der Waals surface area contributed by atoms with Crippen LogP contribution in [0.1, 0.15) is 59.0 Å². The maximum atomic E-state index is 10.8. The average Bonchev–Trinajstić information content (AvgIpc) is 2.85. The maximum Gasteiger partial charge on any atom is 0.487 e. The zero-order chi connectivity index (χ0) is 18.3. The van der Waals surface area contributed by atoms with Crippen LogP contribution < -0.4 is 5.32 Å². The van der Waals surface area contributed by atoms with Gasteiger partial charge in [-0.3, -0.25) is 5.32 Å². The van der Waals surface area contributed by atoms with Gasteiger partial charge in [-0.25, -0.2) is 9.78 Å². The van der Waals surface area contributed by atoms with E-state index in [1.54, 1.807) is 0 Å². The van der Waals surface area contributed by atoms with Gasteiger partial charge in [0.2, 0.25) is 0 Å². The first-order valence-electron chi connectivity index (χ1n) is 7.87. The van der Waals surface area contributed by atoms with Crippen LogP contribution in [0.3, 0.4) is 0 Å². The first-order chi connectivity index (χ1) is 10.8. The quantitative estimate of drug-likeness (QED) is 0.798. The number of carboxylic acid groups (broad SMARTS) is 1. The summed E-state index contributed by atoms with van der Waals surface area (Å²) in [6, 6.07) is 0. The molecule has 8 heteroatoms. The van der Waals surface area contributed by atoms with Gasteiger partial charge >= 0.3 is 13.2 Å². The molecule has 2 heterocycles. The van der Waals surface area contributed by atoms with Crippen LogP contribution in [0, 0.1) is 0 Å². The number of amides is 1. The van der Waals surface area contributed by atoms with Crippen molar-refractivity contribution >= 4 is 35.8 Å². The predicted molar refractivity (Wildman–Crippen MR) is 97.6 cm³/mol. The molecule has 0 atom stereocenters. The Balaban J connectivity index is 2.26. The monoisotopic (exact) mass is 352 g/mol. The summed E-state index contributed by atoms with van der Waals surface area (Å²) >= 11 is 1.34. The van der Waals surface area contributed by atoms with E-state index in [2.05, 4.69) is 31.1 Å². The van der Waals surface area contributed by atoms with E-state index in [9.17, 15) is 4.79 Å². The van der Waals surface area contributed by atoms with Gasteiger partial charge < -0.3 is 14.4 Å². The highest BCUT2D eigenvalue weighted by molar-refractivity contribution is 7.16. The molecular weight excluding hydrogens is 327 g/mol. The van der Waals surface area contributed by atoms with Crippen LogP contribution in [0.5, 0.6) is 0 Å². The van der Waals surface area contributed by atoms with Gasteiger partial charge in [0.05, 0.1) is 16.9 Å². The van der Waals surface area contributed by atoms with Gasteiger partial charge in [0.1, 0.15) is 0 Å². The van der Waals surface area contributed by atoms with Gasteiger partial charge in [0, 0.05) is 4.88 Å². The van der Waals surface area contributed by atoms with Gasteiger partial charge in [-0.1, -0.05) is 26.7 Å². The number of nitrogens with one attached hydrogen (secondary N) is 1. The third-order valence-electron chi connectivity index (χ3n) is 4.23. The highest BCUT2D eigenvalue weighted by Gasteiger charge is 2.50. The third kappa shape index (κ3) is 3.99.